The van der Waals surface area contributed by atoms with Gasteiger partial charge in [0.1, 0.15) is 0 Å². The smallest absolute Gasteiger partial charge is 0.308 e. The molecule has 1 N–H and O–H groups in total. The Labute approximate surface area is 121 Å². The van der Waals surface area contributed by atoms with Crippen molar-refractivity contribution in [3.63, 3.8) is 0 Å². The van der Waals surface area contributed by atoms with Crippen LogP contribution in [0.4, 0.5) is 5.69 Å². The Morgan fingerprint density at radius 2 is 2.10 bits per heavy atom. The summed E-state index contributed by atoms with van der Waals surface area (Å²) in [5.74, 6) is -1.16. The molecule has 1 unspecified atom stereocenters. The Hall–Kier alpha value is -1.77. The van der Waals surface area contributed by atoms with Crippen molar-refractivity contribution in [2.45, 2.75) is 34.1 Å². The molecule has 3 nitrogen and oxygen atoms in total. The summed E-state index contributed by atoms with van der Waals surface area (Å²) in [5, 5.41) is 9.16. The Morgan fingerprint density at radius 3 is 2.60 bits per heavy atom. The van der Waals surface area contributed by atoms with Crippen molar-refractivity contribution in [2.24, 2.45) is 5.92 Å². The second-order valence-electron chi connectivity index (χ2n) is 5.51. The zero-order chi connectivity index (χ0) is 15.3. The van der Waals surface area contributed by atoms with Gasteiger partial charge in [-0.3, -0.25) is 4.79 Å². The lowest BCUT2D eigenvalue weighted by molar-refractivity contribution is -0.140. The van der Waals surface area contributed by atoms with Crippen molar-refractivity contribution >= 4 is 11.7 Å². The van der Waals surface area contributed by atoms with Gasteiger partial charge < -0.3 is 10.0 Å². The van der Waals surface area contributed by atoms with Gasteiger partial charge in [0.15, 0.2) is 0 Å². The molecule has 0 saturated carbocycles. The fourth-order valence-electron chi connectivity index (χ4n) is 2.43. The van der Waals surface area contributed by atoms with Gasteiger partial charge in [-0.1, -0.05) is 44.2 Å². The number of hydrogen-bond donors (Lipinski definition) is 1. The summed E-state index contributed by atoms with van der Waals surface area (Å²) in [6.07, 6.45) is 0.936. The van der Waals surface area contributed by atoms with Crippen LogP contribution in [-0.4, -0.2) is 24.2 Å². The largest absolute Gasteiger partial charge is 0.481 e. The van der Waals surface area contributed by atoms with E-state index in [2.05, 4.69) is 43.5 Å². The molecule has 1 aromatic carbocycles. The van der Waals surface area contributed by atoms with Crippen LogP contribution in [0.1, 0.15) is 31.9 Å². The molecule has 3 heteroatoms. The SMILES string of the molecule is C=C(C)CN(CC(C)C(=O)O)c1c(C)cccc1CC. The first-order valence-corrected chi connectivity index (χ1v) is 7.07. The van der Waals surface area contributed by atoms with E-state index in [1.54, 1.807) is 6.92 Å². The fraction of sp³-hybridized carbons (Fsp3) is 0.471. The molecule has 0 bridgehead atoms. The molecule has 1 atom stereocenters. The van der Waals surface area contributed by atoms with E-state index in [4.69, 9.17) is 5.11 Å². The average Bonchev–Trinajstić information content (AvgIpc) is 2.36. The summed E-state index contributed by atoms with van der Waals surface area (Å²) in [6, 6.07) is 6.24. The topological polar surface area (TPSA) is 40.5 Å². The summed E-state index contributed by atoms with van der Waals surface area (Å²) in [4.78, 5) is 13.3. The third kappa shape index (κ3) is 4.12. The van der Waals surface area contributed by atoms with Crippen molar-refractivity contribution in [3.05, 3.63) is 41.5 Å². The second kappa shape index (κ2) is 7.13. The molecule has 0 spiro atoms. The minimum atomic E-state index is -0.761. The van der Waals surface area contributed by atoms with Gasteiger partial charge in [-0.15, -0.1) is 0 Å². The Bertz CT molecular complexity index is 494. The molecule has 0 saturated heterocycles. The van der Waals surface area contributed by atoms with E-state index in [1.807, 2.05) is 6.92 Å². The van der Waals surface area contributed by atoms with Gasteiger partial charge in [-0.25, -0.2) is 0 Å². The lowest BCUT2D eigenvalue weighted by Crippen LogP contribution is -2.34. The van der Waals surface area contributed by atoms with Gasteiger partial charge in [0.05, 0.1) is 5.92 Å². The van der Waals surface area contributed by atoms with Crippen LogP contribution in [0.3, 0.4) is 0 Å². The third-order valence-corrected chi connectivity index (χ3v) is 3.40. The zero-order valence-corrected chi connectivity index (χ0v) is 12.9. The normalized spacial score (nSPS) is 12.0. The van der Waals surface area contributed by atoms with Crippen LogP contribution in [-0.2, 0) is 11.2 Å². The predicted octanol–water partition coefficient (Wildman–Crippen LogP) is 3.66. The molecule has 0 aliphatic carbocycles. The van der Waals surface area contributed by atoms with E-state index in [9.17, 15) is 4.79 Å². The highest BCUT2D eigenvalue weighted by molar-refractivity contribution is 5.71. The predicted molar refractivity (Wildman–Crippen MR) is 84.4 cm³/mol. The van der Waals surface area contributed by atoms with Gasteiger partial charge in [-0.05, 0) is 31.4 Å². The Morgan fingerprint density at radius 1 is 1.45 bits per heavy atom. The average molecular weight is 275 g/mol. The molecule has 0 heterocycles. The standard InChI is InChI=1S/C17H25NO2/c1-6-15-9-7-8-13(4)16(15)18(10-12(2)3)11-14(5)17(19)20/h7-9,14H,2,6,10-11H2,1,3-5H3,(H,19,20). The van der Waals surface area contributed by atoms with Crippen molar-refractivity contribution in [3.8, 4) is 0 Å². The number of hydrogen-bond acceptors (Lipinski definition) is 2. The summed E-state index contributed by atoms with van der Waals surface area (Å²) in [5.41, 5.74) is 4.63. The van der Waals surface area contributed by atoms with Gasteiger partial charge in [0.2, 0.25) is 0 Å². The molecule has 0 aliphatic heterocycles. The van der Waals surface area contributed by atoms with Crippen molar-refractivity contribution in [2.75, 3.05) is 18.0 Å². The third-order valence-electron chi connectivity index (χ3n) is 3.40. The number of benzene rings is 1. The van der Waals surface area contributed by atoms with Gasteiger partial charge >= 0.3 is 5.97 Å². The maximum atomic E-state index is 11.1. The molecule has 0 amide bonds. The summed E-state index contributed by atoms with van der Waals surface area (Å²) < 4.78 is 0. The molecule has 0 aromatic heterocycles. The highest BCUT2D eigenvalue weighted by Crippen LogP contribution is 2.27. The zero-order valence-electron chi connectivity index (χ0n) is 12.9. The first-order valence-electron chi connectivity index (χ1n) is 7.07. The monoisotopic (exact) mass is 275 g/mol. The number of rotatable bonds is 7. The number of carbonyl (C=O) groups is 1. The van der Waals surface area contributed by atoms with Crippen LogP contribution in [0.5, 0.6) is 0 Å². The van der Waals surface area contributed by atoms with Crippen LogP contribution in [0.2, 0.25) is 0 Å². The number of nitrogens with zero attached hydrogens (tertiary/aromatic N) is 1. The number of anilines is 1. The van der Waals surface area contributed by atoms with Crippen molar-refractivity contribution in [1.29, 1.82) is 0 Å². The lowest BCUT2D eigenvalue weighted by atomic mass is 10.0. The van der Waals surface area contributed by atoms with E-state index < -0.39 is 11.9 Å². The summed E-state index contributed by atoms with van der Waals surface area (Å²) >= 11 is 0. The Balaban J connectivity index is 3.16. The van der Waals surface area contributed by atoms with Crippen molar-refractivity contribution < 1.29 is 9.90 Å². The van der Waals surface area contributed by atoms with Gasteiger partial charge in [-0.2, -0.15) is 0 Å². The van der Waals surface area contributed by atoms with Crippen LogP contribution < -0.4 is 4.90 Å². The fourth-order valence-corrected chi connectivity index (χ4v) is 2.43. The van der Waals surface area contributed by atoms with Crippen LogP contribution in [0.15, 0.2) is 30.4 Å². The van der Waals surface area contributed by atoms with E-state index in [0.717, 1.165) is 17.7 Å². The number of aryl methyl sites for hydroxylation is 2. The molecular formula is C17H25NO2. The van der Waals surface area contributed by atoms with Gasteiger partial charge in [0.25, 0.3) is 0 Å². The highest BCUT2D eigenvalue weighted by Gasteiger charge is 2.19. The van der Waals surface area contributed by atoms with E-state index in [-0.39, 0.29) is 0 Å². The van der Waals surface area contributed by atoms with Gasteiger partial charge in [0, 0.05) is 18.8 Å². The molecule has 1 aromatic rings. The van der Waals surface area contributed by atoms with Crippen LogP contribution >= 0.6 is 0 Å². The van der Waals surface area contributed by atoms with Crippen LogP contribution in [0, 0.1) is 12.8 Å². The molecular weight excluding hydrogens is 250 g/mol. The number of para-hydroxylation sites is 1. The quantitative estimate of drug-likeness (QED) is 0.772. The number of carboxylic acid groups (broad SMARTS) is 1. The maximum Gasteiger partial charge on any atom is 0.308 e. The van der Waals surface area contributed by atoms with Crippen molar-refractivity contribution in [1.82, 2.24) is 0 Å². The second-order valence-corrected chi connectivity index (χ2v) is 5.51. The van der Waals surface area contributed by atoms with E-state index in [0.29, 0.717) is 13.1 Å². The molecule has 0 fully saturated rings. The molecule has 0 radical (unpaired) electrons. The van der Waals surface area contributed by atoms with Crippen LogP contribution in [0.25, 0.3) is 0 Å². The molecule has 1 rings (SSSR count). The molecule has 20 heavy (non-hydrogen) atoms. The minimum Gasteiger partial charge on any atom is -0.481 e. The minimum absolute atomic E-state index is 0.404. The maximum absolute atomic E-state index is 11.1. The lowest BCUT2D eigenvalue weighted by Gasteiger charge is -2.30. The van der Waals surface area contributed by atoms with E-state index in [1.165, 1.54) is 11.1 Å². The molecule has 0 aliphatic rings. The number of carboxylic acids is 1. The summed E-state index contributed by atoms with van der Waals surface area (Å²) in [7, 11) is 0. The first-order chi connectivity index (χ1) is 9.36. The molecule has 110 valence electrons. The Kier molecular flexibility index (Phi) is 5.81. The van der Waals surface area contributed by atoms with E-state index >= 15 is 0 Å². The number of aliphatic carboxylic acids is 1. The summed E-state index contributed by atoms with van der Waals surface area (Å²) in [6.45, 7) is 13.1. The first kappa shape index (κ1) is 16.3. The highest BCUT2D eigenvalue weighted by atomic mass is 16.4.